The van der Waals surface area contributed by atoms with Gasteiger partial charge in [-0.15, -0.1) is 0 Å². The molecule has 0 aliphatic heterocycles. The molecule has 1 N–H and O–H groups in total. The Kier molecular flexibility index (Phi) is 13.3. The fourth-order valence-corrected chi connectivity index (χ4v) is 1.63. The van der Waals surface area contributed by atoms with E-state index in [1.807, 2.05) is 6.26 Å². The van der Waals surface area contributed by atoms with Gasteiger partial charge in [0.2, 0.25) is 0 Å². The minimum absolute atomic E-state index is 0. The van der Waals surface area contributed by atoms with Crippen LogP contribution in [0.15, 0.2) is 11.8 Å². The molecular formula is C11H18NNaO4S. The Bertz CT molecular complexity index is 297. The van der Waals surface area contributed by atoms with Gasteiger partial charge in [-0.25, -0.2) is 4.79 Å². The first kappa shape index (κ1) is 20.2. The maximum absolute atomic E-state index is 11.1. The largest absolute Gasteiger partial charge is 1.00 e. The molecule has 0 saturated carbocycles. The van der Waals surface area contributed by atoms with Crippen LogP contribution in [0.1, 0.15) is 20.3 Å². The van der Waals surface area contributed by atoms with Crippen molar-refractivity contribution in [3.05, 3.63) is 11.8 Å². The van der Waals surface area contributed by atoms with Crippen LogP contribution in [-0.2, 0) is 14.3 Å². The van der Waals surface area contributed by atoms with Gasteiger partial charge in [-0.1, -0.05) is 0 Å². The third-order valence-electron chi connectivity index (χ3n) is 1.92. The third kappa shape index (κ3) is 9.82. The summed E-state index contributed by atoms with van der Waals surface area (Å²) in [6, 6.07) is -0.784. The first-order valence-electron chi connectivity index (χ1n) is 5.32. The van der Waals surface area contributed by atoms with Gasteiger partial charge in [-0.05, 0) is 32.3 Å². The molecule has 0 rings (SSSR count). The van der Waals surface area contributed by atoms with E-state index in [1.54, 1.807) is 25.6 Å². The fraction of sp³-hybridized carbons (Fsp3) is 0.636. The predicted octanol–water partition coefficient (Wildman–Crippen LogP) is -3.08. The standard InChI is InChI=1S/C11H19NO4S.Na/c1-4-16-10(13)7-8(2)12-9(11(14)15)5-6-17-3;/h7,9,12H,4-6H2,1-3H3,(H,14,15);/q;+1/p-1/t9-;/m0./s1. The van der Waals surface area contributed by atoms with Crippen molar-refractivity contribution in [2.75, 3.05) is 18.6 Å². The molecule has 0 fully saturated rings. The zero-order chi connectivity index (χ0) is 13.3. The second kappa shape index (κ2) is 11.9. The molecule has 5 nitrogen and oxygen atoms in total. The second-order valence-corrected chi connectivity index (χ2v) is 4.36. The minimum atomic E-state index is -1.17. The minimum Gasteiger partial charge on any atom is -0.548 e. The molecule has 0 heterocycles. The summed E-state index contributed by atoms with van der Waals surface area (Å²) in [7, 11) is 0. The first-order chi connectivity index (χ1) is 8.01. The number of aliphatic carboxylic acids is 1. The number of carboxylic acids is 1. The number of allylic oxidation sites excluding steroid dienone is 1. The maximum atomic E-state index is 11.1. The molecule has 0 spiro atoms. The van der Waals surface area contributed by atoms with Crippen molar-refractivity contribution in [1.29, 1.82) is 0 Å². The molecule has 0 aromatic heterocycles. The molecule has 98 valence electrons. The number of esters is 1. The summed E-state index contributed by atoms with van der Waals surface area (Å²) in [5.74, 6) is -0.951. The van der Waals surface area contributed by atoms with E-state index in [0.29, 0.717) is 24.5 Å². The van der Waals surface area contributed by atoms with Crippen molar-refractivity contribution in [1.82, 2.24) is 5.32 Å². The molecule has 0 bridgehead atoms. The van der Waals surface area contributed by atoms with E-state index in [-0.39, 0.29) is 29.6 Å². The van der Waals surface area contributed by atoms with E-state index in [4.69, 9.17) is 4.74 Å². The Morgan fingerprint density at radius 3 is 2.56 bits per heavy atom. The number of thioether (sulfide) groups is 1. The molecule has 18 heavy (non-hydrogen) atoms. The topological polar surface area (TPSA) is 78.5 Å². The van der Waals surface area contributed by atoms with Crippen LogP contribution in [0.4, 0.5) is 0 Å². The summed E-state index contributed by atoms with van der Waals surface area (Å²) in [5, 5.41) is 13.6. The molecule has 0 amide bonds. The van der Waals surface area contributed by atoms with Crippen molar-refractivity contribution in [3.63, 3.8) is 0 Å². The number of carbonyl (C=O) groups is 2. The van der Waals surface area contributed by atoms with Gasteiger partial charge in [0.25, 0.3) is 0 Å². The molecular weight excluding hydrogens is 265 g/mol. The van der Waals surface area contributed by atoms with Crippen LogP contribution in [0.5, 0.6) is 0 Å². The van der Waals surface area contributed by atoms with Gasteiger partial charge in [-0.2, -0.15) is 11.8 Å². The molecule has 0 unspecified atom stereocenters. The summed E-state index contributed by atoms with van der Waals surface area (Å²) in [4.78, 5) is 21.9. The van der Waals surface area contributed by atoms with E-state index in [2.05, 4.69) is 5.32 Å². The normalized spacial score (nSPS) is 12.3. The van der Waals surface area contributed by atoms with Crippen molar-refractivity contribution in [3.8, 4) is 0 Å². The van der Waals surface area contributed by atoms with Crippen LogP contribution in [-0.4, -0.2) is 36.6 Å². The zero-order valence-electron chi connectivity index (χ0n) is 11.3. The number of hydrogen-bond donors (Lipinski definition) is 1. The number of carboxylic acid groups (broad SMARTS) is 1. The monoisotopic (exact) mass is 283 g/mol. The van der Waals surface area contributed by atoms with E-state index in [9.17, 15) is 14.7 Å². The van der Waals surface area contributed by atoms with E-state index < -0.39 is 18.0 Å². The molecule has 0 saturated heterocycles. The summed E-state index contributed by atoms with van der Waals surface area (Å²) in [5.41, 5.74) is 0.457. The van der Waals surface area contributed by atoms with Gasteiger partial charge in [0.15, 0.2) is 0 Å². The van der Waals surface area contributed by atoms with Gasteiger partial charge in [0, 0.05) is 11.8 Å². The SMILES string of the molecule is CCOC(=O)C=C(C)N[C@@H](CCSC)C(=O)[O-].[Na+]. The van der Waals surface area contributed by atoms with Crippen molar-refractivity contribution >= 4 is 23.7 Å². The van der Waals surface area contributed by atoms with Crippen molar-refractivity contribution in [2.24, 2.45) is 0 Å². The first-order valence-corrected chi connectivity index (χ1v) is 6.72. The Hall–Kier alpha value is -0.170. The van der Waals surface area contributed by atoms with Crippen LogP contribution in [0.2, 0.25) is 0 Å². The van der Waals surface area contributed by atoms with Crippen LogP contribution in [0, 0.1) is 0 Å². The Labute approximate surface area is 134 Å². The quantitative estimate of drug-likeness (QED) is 0.289. The fourth-order valence-electron chi connectivity index (χ4n) is 1.16. The van der Waals surface area contributed by atoms with Gasteiger partial charge in [0.05, 0.1) is 18.6 Å². The van der Waals surface area contributed by atoms with Gasteiger partial charge in [0.1, 0.15) is 0 Å². The molecule has 0 aliphatic carbocycles. The van der Waals surface area contributed by atoms with Crippen LogP contribution >= 0.6 is 11.8 Å². The smallest absolute Gasteiger partial charge is 0.548 e. The van der Waals surface area contributed by atoms with Gasteiger partial charge < -0.3 is 20.0 Å². The Balaban J connectivity index is 0. The summed E-state index contributed by atoms with van der Waals surface area (Å²) in [6.45, 7) is 3.61. The third-order valence-corrected chi connectivity index (χ3v) is 2.56. The molecule has 1 atom stereocenters. The zero-order valence-corrected chi connectivity index (χ0v) is 14.1. The van der Waals surface area contributed by atoms with Crippen LogP contribution in [0.25, 0.3) is 0 Å². The predicted molar refractivity (Wildman–Crippen MR) is 65.3 cm³/mol. The molecule has 0 aromatic rings. The van der Waals surface area contributed by atoms with Crippen molar-refractivity contribution in [2.45, 2.75) is 26.3 Å². The van der Waals surface area contributed by atoms with Crippen LogP contribution in [0.3, 0.4) is 0 Å². The molecule has 0 aliphatic rings. The average molecular weight is 283 g/mol. The summed E-state index contributed by atoms with van der Waals surface area (Å²) < 4.78 is 4.71. The number of hydrogen-bond acceptors (Lipinski definition) is 6. The summed E-state index contributed by atoms with van der Waals surface area (Å²) >= 11 is 1.55. The van der Waals surface area contributed by atoms with Crippen LogP contribution < -0.4 is 40.0 Å². The second-order valence-electron chi connectivity index (χ2n) is 3.38. The van der Waals surface area contributed by atoms with Gasteiger partial charge >= 0.3 is 35.5 Å². The molecule has 7 heteroatoms. The van der Waals surface area contributed by atoms with E-state index in [0.717, 1.165) is 0 Å². The number of carbonyl (C=O) groups excluding carboxylic acids is 2. The maximum Gasteiger partial charge on any atom is 1.00 e. The molecule has 0 radical (unpaired) electrons. The molecule has 0 aromatic carbocycles. The number of rotatable bonds is 8. The Morgan fingerprint density at radius 2 is 2.11 bits per heavy atom. The summed E-state index contributed by atoms with van der Waals surface area (Å²) in [6.07, 6.45) is 3.57. The number of ether oxygens (including phenoxy) is 1. The number of nitrogens with one attached hydrogen (secondary N) is 1. The Morgan fingerprint density at radius 1 is 1.50 bits per heavy atom. The van der Waals surface area contributed by atoms with E-state index in [1.165, 1.54) is 6.08 Å². The van der Waals surface area contributed by atoms with Crippen molar-refractivity contribution < 1.29 is 49.0 Å². The van der Waals surface area contributed by atoms with E-state index >= 15 is 0 Å². The van der Waals surface area contributed by atoms with Gasteiger partial charge in [-0.3, -0.25) is 0 Å². The average Bonchev–Trinajstić information content (AvgIpc) is 2.23.